The number of unbranched alkanes of at least 4 members (excludes halogenated alkanes) is 1. The molecule has 1 aliphatic rings. The fraction of sp³-hybridized carbons (Fsp3) is 0.565. The number of nitrogens with two attached hydrogens (primary N) is 1. The molecule has 0 unspecified atom stereocenters. The molecule has 1 aliphatic heterocycles. The van der Waals surface area contributed by atoms with E-state index in [9.17, 15) is 0 Å². The van der Waals surface area contributed by atoms with Crippen molar-refractivity contribution in [2.45, 2.75) is 83.8 Å². The number of hydrogen-bond donors (Lipinski definition) is 4. The molecule has 6 heteroatoms. The Balaban J connectivity index is 1.71. The monoisotopic (exact) mass is 396 g/mol. The van der Waals surface area contributed by atoms with Gasteiger partial charge in [0, 0.05) is 22.8 Å². The molecule has 6 nitrogen and oxygen atoms in total. The third kappa shape index (κ3) is 5.82. The average Bonchev–Trinajstić information content (AvgIpc) is 2.62. The summed E-state index contributed by atoms with van der Waals surface area (Å²) in [5, 5.41) is 10.6. The van der Waals surface area contributed by atoms with E-state index in [4.69, 9.17) is 5.73 Å². The molecule has 0 amide bonds. The van der Waals surface area contributed by atoms with Gasteiger partial charge in [0.25, 0.3) is 0 Å². The van der Waals surface area contributed by atoms with Crippen molar-refractivity contribution in [2.75, 3.05) is 16.4 Å². The van der Waals surface area contributed by atoms with E-state index < -0.39 is 0 Å². The second-order valence-electron chi connectivity index (χ2n) is 9.55. The summed E-state index contributed by atoms with van der Waals surface area (Å²) in [5.74, 6) is 1.33. The van der Waals surface area contributed by atoms with Crippen molar-refractivity contribution in [3.8, 4) is 0 Å². The zero-order chi connectivity index (χ0) is 21.1. The Labute approximate surface area is 175 Å². The zero-order valence-corrected chi connectivity index (χ0v) is 18.5. The minimum atomic E-state index is 0.0574. The van der Waals surface area contributed by atoms with Gasteiger partial charge >= 0.3 is 0 Å². The van der Waals surface area contributed by atoms with Crippen LogP contribution in [-0.4, -0.2) is 27.1 Å². The van der Waals surface area contributed by atoms with Crippen molar-refractivity contribution in [1.82, 2.24) is 15.3 Å². The van der Waals surface area contributed by atoms with Crippen molar-refractivity contribution in [3.05, 3.63) is 36.2 Å². The molecule has 0 bridgehead atoms. The van der Waals surface area contributed by atoms with Crippen LogP contribution in [0.5, 0.6) is 0 Å². The average molecular weight is 397 g/mol. The van der Waals surface area contributed by atoms with Gasteiger partial charge in [-0.3, -0.25) is 0 Å². The van der Waals surface area contributed by atoms with Gasteiger partial charge < -0.3 is 21.7 Å². The van der Waals surface area contributed by atoms with Crippen molar-refractivity contribution in [2.24, 2.45) is 0 Å². The van der Waals surface area contributed by atoms with Crippen LogP contribution in [0, 0.1) is 0 Å². The second-order valence-corrected chi connectivity index (χ2v) is 9.55. The lowest BCUT2D eigenvalue weighted by molar-refractivity contribution is 0.170. The number of hydrogen-bond acceptors (Lipinski definition) is 6. The van der Waals surface area contributed by atoms with Gasteiger partial charge in [-0.2, -0.15) is 0 Å². The van der Waals surface area contributed by atoms with Crippen LogP contribution in [0.2, 0.25) is 0 Å². The fourth-order valence-corrected chi connectivity index (χ4v) is 4.50. The molecule has 3 rings (SSSR count). The minimum Gasteiger partial charge on any atom is -0.393 e. The molecule has 1 saturated heterocycles. The van der Waals surface area contributed by atoms with E-state index in [0.29, 0.717) is 23.4 Å². The van der Waals surface area contributed by atoms with Crippen LogP contribution in [0.15, 0.2) is 30.6 Å². The smallest absolute Gasteiger partial charge is 0.159 e. The number of benzene rings is 1. The first-order valence-corrected chi connectivity index (χ1v) is 10.7. The molecule has 0 saturated carbocycles. The number of nitrogen functional groups attached to an aromatic ring is 1. The molecule has 0 atom stereocenters. The van der Waals surface area contributed by atoms with Gasteiger partial charge in [0.2, 0.25) is 0 Å². The maximum absolute atomic E-state index is 6.41. The molecular weight excluding hydrogens is 360 g/mol. The highest BCUT2D eigenvalue weighted by atomic mass is 15.1. The van der Waals surface area contributed by atoms with Gasteiger partial charge in [-0.25, -0.2) is 9.97 Å². The Kier molecular flexibility index (Phi) is 6.32. The van der Waals surface area contributed by atoms with E-state index in [1.54, 1.807) is 6.33 Å². The molecule has 0 aliphatic carbocycles. The lowest BCUT2D eigenvalue weighted by Gasteiger charge is -2.46. The number of aryl methyl sites for hydroxylation is 1. The quantitative estimate of drug-likeness (QED) is 0.534. The lowest BCUT2D eigenvalue weighted by atomic mass is 9.79. The number of nitrogens with one attached hydrogen (secondary N) is 3. The summed E-state index contributed by atoms with van der Waals surface area (Å²) in [5.41, 5.74) is 9.41. The van der Waals surface area contributed by atoms with E-state index in [1.807, 2.05) is 0 Å². The van der Waals surface area contributed by atoms with Crippen molar-refractivity contribution >= 4 is 23.0 Å². The van der Waals surface area contributed by atoms with E-state index in [2.05, 4.69) is 84.8 Å². The number of anilines is 4. The highest BCUT2D eigenvalue weighted by Crippen LogP contribution is 2.33. The van der Waals surface area contributed by atoms with Gasteiger partial charge in [0.15, 0.2) is 11.6 Å². The molecule has 2 aromatic rings. The Morgan fingerprint density at radius 3 is 2.28 bits per heavy atom. The molecule has 1 aromatic carbocycles. The third-order valence-corrected chi connectivity index (χ3v) is 5.45. The highest BCUT2D eigenvalue weighted by Gasteiger charge is 2.37. The zero-order valence-electron chi connectivity index (χ0n) is 18.5. The molecule has 0 spiro atoms. The first kappa shape index (κ1) is 21.4. The predicted octanol–water partition coefficient (Wildman–Crippen LogP) is 4.87. The third-order valence-electron chi connectivity index (χ3n) is 5.45. The van der Waals surface area contributed by atoms with Gasteiger partial charge in [-0.05, 0) is 71.1 Å². The van der Waals surface area contributed by atoms with E-state index in [-0.39, 0.29) is 11.1 Å². The number of rotatable bonds is 7. The van der Waals surface area contributed by atoms with Crippen molar-refractivity contribution in [1.29, 1.82) is 0 Å². The lowest BCUT2D eigenvalue weighted by Crippen LogP contribution is -2.60. The van der Waals surface area contributed by atoms with Crippen LogP contribution in [0.3, 0.4) is 0 Å². The topological polar surface area (TPSA) is 87.9 Å². The van der Waals surface area contributed by atoms with Crippen LogP contribution in [0.4, 0.5) is 23.0 Å². The summed E-state index contributed by atoms with van der Waals surface area (Å²) in [7, 11) is 0. The second kappa shape index (κ2) is 8.57. The summed E-state index contributed by atoms with van der Waals surface area (Å²) in [4.78, 5) is 8.77. The van der Waals surface area contributed by atoms with E-state index in [0.717, 1.165) is 24.9 Å². The van der Waals surface area contributed by atoms with Crippen molar-refractivity contribution < 1.29 is 0 Å². The molecule has 29 heavy (non-hydrogen) atoms. The summed E-state index contributed by atoms with van der Waals surface area (Å²) in [6.45, 7) is 11.2. The summed E-state index contributed by atoms with van der Waals surface area (Å²) in [6, 6.07) is 8.78. The number of piperidine rings is 1. The van der Waals surface area contributed by atoms with Gasteiger partial charge in [-0.15, -0.1) is 0 Å². The van der Waals surface area contributed by atoms with Crippen LogP contribution < -0.4 is 21.7 Å². The Morgan fingerprint density at radius 1 is 1.03 bits per heavy atom. The normalized spacial score (nSPS) is 18.4. The minimum absolute atomic E-state index is 0.0574. The molecule has 5 N–H and O–H groups in total. The number of nitrogens with zero attached hydrogens (tertiary/aromatic N) is 2. The largest absolute Gasteiger partial charge is 0.393 e. The maximum atomic E-state index is 6.41. The summed E-state index contributed by atoms with van der Waals surface area (Å²) >= 11 is 0. The predicted molar refractivity (Wildman–Crippen MR) is 123 cm³/mol. The first-order chi connectivity index (χ1) is 13.7. The van der Waals surface area contributed by atoms with Gasteiger partial charge in [-0.1, -0.05) is 25.5 Å². The molecular formula is C23H36N6. The Bertz CT molecular complexity index is 797. The maximum Gasteiger partial charge on any atom is 0.159 e. The standard InChI is InChI=1S/C23H36N6/c1-6-7-8-16-9-11-17(12-10-16)27-20-19(24)21(26-15-25-20)28-18-13-22(2,3)29-23(4,5)14-18/h9-12,15,18,29H,6-8,13-14,24H2,1-5H3,(H2,25,26,27,28). The van der Waals surface area contributed by atoms with Crippen LogP contribution in [-0.2, 0) is 6.42 Å². The number of aromatic nitrogens is 2. The van der Waals surface area contributed by atoms with Crippen LogP contribution in [0.1, 0.15) is 65.9 Å². The molecule has 1 aromatic heterocycles. The molecule has 2 heterocycles. The Hall–Kier alpha value is -2.34. The molecule has 1 fully saturated rings. The van der Waals surface area contributed by atoms with E-state index in [1.165, 1.54) is 18.4 Å². The van der Waals surface area contributed by atoms with Crippen LogP contribution >= 0.6 is 0 Å². The first-order valence-electron chi connectivity index (χ1n) is 10.7. The van der Waals surface area contributed by atoms with E-state index >= 15 is 0 Å². The highest BCUT2D eigenvalue weighted by molar-refractivity contribution is 5.77. The molecule has 158 valence electrons. The Morgan fingerprint density at radius 2 is 1.66 bits per heavy atom. The van der Waals surface area contributed by atoms with Gasteiger partial charge in [0.05, 0.1) is 0 Å². The van der Waals surface area contributed by atoms with Gasteiger partial charge in [0.1, 0.15) is 12.0 Å². The SMILES string of the molecule is CCCCc1ccc(Nc2ncnc(NC3CC(C)(C)NC(C)(C)C3)c2N)cc1. The summed E-state index contributed by atoms with van der Waals surface area (Å²) in [6.07, 6.45) is 7.10. The molecule has 0 radical (unpaired) electrons. The van der Waals surface area contributed by atoms with Crippen LogP contribution in [0.25, 0.3) is 0 Å². The summed E-state index contributed by atoms with van der Waals surface area (Å²) < 4.78 is 0. The fourth-order valence-electron chi connectivity index (χ4n) is 4.50. The van der Waals surface area contributed by atoms with Crippen molar-refractivity contribution in [3.63, 3.8) is 0 Å².